The molecular formula is C13H18O3S. The topological polar surface area (TPSA) is 57.5 Å². The van der Waals surface area contributed by atoms with Crippen molar-refractivity contribution >= 4 is 17.7 Å². The Morgan fingerprint density at radius 3 is 2.71 bits per heavy atom. The lowest BCUT2D eigenvalue weighted by atomic mass is 10.1. The van der Waals surface area contributed by atoms with Crippen LogP contribution in [0.15, 0.2) is 18.2 Å². The zero-order valence-electron chi connectivity index (χ0n) is 10.1. The van der Waals surface area contributed by atoms with Crippen molar-refractivity contribution in [1.29, 1.82) is 0 Å². The summed E-state index contributed by atoms with van der Waals surface area (Å²) < 4.78 is 0. The van der Waals surface area contributed by atoms with E-state index in [1.165, 1.54) is 0 Å². The fourth-order valence-electron chi connectivity index (χ4n) is 1.41. The molecule has 1 rings (SSSR count). The zero-order valence-corrected chi connectivity index (χ0v) is 11.0. The number of benzene rings is 1. The lowest BCUT2D eigenvalue weighted by molar-refractivity contribution is 0.0697. The lowest BCUT2D eigenvalue weighted by Gasteiger charge is -2.09. The van der Waals surface area contributed by atoms with E-state index in [1.807, 2.05) is 19.9 Å². The van der Waals surface area contributed by atoms with Crippen molar-refractivity contribution in [2.75, 3.05) is 12.4 Å². The third-order valence-electron chi connectivity index (χ3n) is 2.56. The van der Waals surface area contributed by atoms with Crippen LogP contribution in [0.1, 0.15) is 28.4 Å². The van der Waals surface area contributed by atoms with E-state index in [2.05, 4.69) is 0 Å². The van der Waals surface area contributed by atoms with Crippen molar-refractivity contribution in [2.45, 2.75) is 19.6 Å². The predicted octanol–water partition coefficient (Wildman–Crippen LogP) is 2.55. The molecule has 1 aromatic carbocycles. The first-order valence-corrected chi connectivity index (χ1v) is 6.71. The molecular weight excluding hydrogens is 236 g/mol. The third-order valence-corrected chi connectivity index (χ3v) is 3.88. The highest BCUT2D eigenvalue weighted by Gasteiger charge is 2.06. The van der Waals surface area contributed by atoms with E-state index < -0.39 is 5.97 Å². The van der Waals surface area contributed by atoms with Crippen LogP contribution in [-0.4, -0.2) is 28.5 Å². The number of carboxylic acid groups (broad SMARTS) is 1. The minimum Gasteiger partial charge on any atom is -0.478 e. The molecule has 0 aliphatic carbocycles. The van der Waals surface area contributed by atoms with E-state index in [4.69, 9.17) is 10.2 Å². The van der Waals surface area contributed by atoms with Gasteiger partial charge in [0, 0.05) is 12.4 Å². The molecule has 0 bridgehead atoms. The van der Waals surface area contributed by atoms with Crippen LogP contribution in [0, 0.1) is 12.8 Å². The van der Waals surface area contributed by atoms with Gasteiger partial charge < -0.3 is 10.2 Å². The number of thioether (sulfide) groups is 1. The van der Waals surface area contributed by atoms with Gasteiger partial charge in [0.1, 0.15) is 0 Å². The van der Waals surface area contributed by atoms with Crippen molar-refractivity contribution in [2.24, 2.45) is 5.92 Å². The largest absolute Gasteiger partial charge is 0.478 e. The number of hydrogen-bond acceptors (Lipinski definition) is 3. The average molecular weight is 254 g/mol. The van der Waals surface area contributed by atoms with Gasteiger partial charge in [-0.15, -0.1) is 0 Å². The van der Waals surface area contributed by atoms with E-state index in [9.17, 15) is 4.79 Å². The minimum absolute atomic E-state index is 0.212. The van der Waals surface area contributed by atoms with Crippen LogP contribution in [0.4, 0.5) is 0 Å². The monoisotopic (exact) mass is 254 g/mol. The number of carboxylic acids is 1. The first-order chi connectivity index (χ1) is 8.04. The highest BCUT2D eigenvalue weighted by atomic mass is 32.2. The highest BCUT2D eigenvalue weighted by molar-refractivity contribution is 7.98. The molecule has 0 heterocycles. The Balaban J connectivity index is 2.57. The van der Waals surface area contributed by atoms with Gasteiger partial charge >= 0.3 is 5.97 Å². The summed E-state index contributed by atoms with van der Waals surface area (Å²) >= 11 is 1.76. The first kappa shape index (κ1) is 14.1. The lowest BCUT2D eigenvalue weighted by Crippen LogP contribution is -2.04. The molecule has 0 saturated heterocycles. The predicted molar refractivity (Wildman–Crippen MR) is 70.6 cm³/mol. The summed E-state index contributed by atoms with van der Waals surface area (Å²) in [5.74, 6) is 1.19. The van der Waals surface area contributed by atoms with Crippen molar-refractivity contribution in [1.82, 2.24) is 0 Å². The SMILES string of the molecule is Cc1cc(C(=O)O)ccc1CSCC(C)CO. The molecule has 17 heavy (non-hydrogen) atoms. The summed E-state index contributed by atoms with van der Waals surface area (Å²) in [5, 5.41) is 17.8. The van der Waals surface area contributed by atoms with Gasteiger partial charge in [0.05, 0.1) is 5.56 Å². The van der Waals surface area contributed by atoms with Gasteiger partial charge in [0.25, 0.3) is 0 Å². The van der Waals surface area contributed by atoms with Crippen LogP contribution in [0.2, 0.25) is 0 Å². The van der Waals surface area contributed by atoms with Crippen molar-refractivity contribution in [3.63, 3.8) is 0 Å². The second-order valence-corrected chi connectivity index (χ2v) is 5.28. The molecule has 0 aromatic heterocycles. The minimum atomic E-state index is -0.888. The van der Waals surface area contributed by atoms with Gasteiger partial charge in [-0.1, -0.05) is 13.0 Å². The summed E-state index contributed by atoms with van der Waals surface area (Å²) in [7, 11) is 0. The first-order valence-electron chi connectivity index (χ1n) is 5.56. The number of carbonyl (C=O) groups is 1. The van der Waals surface area contributed by atoms with Crippen LogP contribution in [0.25, 0.3) is 0 Å². The van der Waals surface area contributed by atoms with Crippen LogP contribution < -0.4 is 0 Å². The molecule has 94 valence electrons. The van der Waals surface area contributed by atoms with Gasteiger partial charge in [0.15, 0.2) is 0 Å². The molecule has 1 atom stereocenters. The van der Waals surface area contributed by atoms with E-state index in [-0.39, 0.29) is 6.61 Å². The third kappa shape index (κ3) is 4.40. The molecule has 0 saturated carbocycles. The molecule has 1 aromatic rings. The Bertz CT molecular complexity index is 390. The maximum Gasteiger partial charge on any atom is 0.335 e. The van der Waals surface area contributed by atoms with E-state index in [0.717, 1.165) is 22.6 Å². The highest BCUT2D eigenvalue weighted by Crippen LogP contribution is 2.19. The molecule has 2 N–H and O–H groups in total. The molecule has 0 radical (unpaired) electrons. The average Bonchev–Trinajstić information content (AvgIpc) is 2.30. The molecule has 1 unspecified atom stereocenters. The molecule has 0 fully saturated rings. The van der Waals surface area contributed by atoms with E-state index in [1.54, 1.807) is 23.9 Å². The summed E-state index contributed by atoms with van der Waals surface area (Å²) in [4.78, 5) is 10.8. The van der Waals surface area contributed by atoms with Crippen LogP contribution in [0.5, 0.6) is 0 Å². The Morgan fingerprint density at radius 1 is 1.47 bits per heavy atom. The van der Waals surface area contributed by atoms with Gasteiger partial charge in [-0.25, -0.2) is 4.79 Å². The summed E-state index contributed by atoms with van der Waals surface area (Å²) in [6.45, 7) is 4.15. The fourth-order valence-corrected chi connectivity index (χ4v) is 2.58. The Morgan fingerprint density at radius 2 is 2.18 bits per heavy atom. The second-order valence-electron chi connectivity index (χ2n) is 4.25. The molecule has 3 nitrogen and oxygen atoms in total. The summed E-state index contributed by atoms with van der Waals surface area (Å²) in [6.07, 6.45) is 0. The van der Waals surface area contributed by atoms with Crippen LogP contribution in [-0.2, 0) is 5.75 Å². The van der Waals surface area contributed by atoms with E-state index >= 15 is 0 Å². The Labute approximate surface area is 106 Å². The molecule has 4 heteroatoms. The van der Waals surface area contributed by atoms with Crippen molar-refractivity contribution in [3.8, 4) is 0 Å². The Kier molecular flexibility index (Phi) is 5.51. The quantitative estimate of drug-likeness (QED) is 0.819. The molecule has 0 amide bonds. The number of aromatic carboxylic acids is 1. The Hall–Kier alpha value is -1.000. The van der Waals surface area contributed by atoms with Crippen molar-refractivity contribution < 1.29 is 15.0 Å². The fraction of sp³-hybridized carbons (Fsp3) is 0.462. The normalized spacial score (nSPS) is 12.4. The number of aliphatic hydroxyl groups is 1. The smallest absolute Gasteiger partial charge is 0.335 e. The van der Waals surface area contributed by atoms with Crippen LogP contribution in [0.3, 0.4) is 0 Å². The second kappa shape index (κ2) is 6.67. The van der Waals surface area contributed by atoms with Gasteiger partial charge in [-0.05, 0) is 41.9 Å². The van der Waals surface area contributed by atoms with Gasteiger partial charge in [0.2, 0.25) is 0 Å². The van der Waals surface area contributed by atoms with E-state index in [0.29, 0.717) is 11.5 Å². The summed E-state index contributed by atoms with van der Waals surface area (Å²) in [5.41, 5.74) is 2.50. The molecule has 0 aliphatic heterocycles. The maximum atomic E-state index is 10.8. The standard InChI is InChI=1S/C13H18O3S/c1-9(6-14)7-17-8-12-4-3-11(13(15)16)5-10(12)2/h3-5,9,14H,6-8H2,1-2H3,(H,15,16). The number of hydrogen-bond donors (Lipinski definition) is 2. The molecule has 0 aliphatic rings. The number of aliphatic hydroxyl groups excluding tert-OH is 1. The number of aryl methyl sites for hydroxylation is 1. The van der Waals surface area contributed by atoms with Crippen LogP contribution >= 0.6 is 11.8 Å². The van der Waals surface area contributed by atoms with Crippen molar-refractivity contribution in [3.05, 3.63) is 34.9 Å². The number of rotatable bonds is 6. The molecule has 0 spiro atoms. The summed E-state index contributed by atoms with van der Waals surface area (Å²) in [6, 6.07) is 5.21. The maximum absolute atomic E-state index is 10.8. The van der Waals surface area contributed by atoms with Gasteiger partial charge in [-0.3, -0.25) is 0 Å². The zero-order chi connectivity index (χ0) is 12.8. The van der Waals surface area contributed by atoms with Gasteiger partial charge in [-0.2, -0.15) is 11.8 Å².